The van der Waals surface area contributed by atoms with Gasteiger partial charge in [0, 0.05) is 0 Å². The van der Waals surface area contributed by atoms with Crippen molar-refractivity contribution < 1.29 is 14.3 Å². The van der Waals surface area contributed by atoms with Crippen LogP contribution in [0.4, 0.5) is 4.79 Å². The van der Waals surface area contributed by atoms with Crippen molar-refractivity contribution in [3.63, 3.8) is 0 Å². The molecule has 0 aromatic rings. The average Bonchev–Trinajstić information content (AvgIpc) is 2.01. The predicted molar refractivity (Wildman–Crippen MR) is 53.6 cm³/mol. The summed E-state index contributed by atoms with van der Waals surface area (Å²) in [4.78, 5) is 10.4. The van der Waals surface area contributed by atoms with Crippen LogP contribution in [-0.4, -0.2) is 25.4 Å². The highest BCUT2D eigenvalue weighted by molar-refractivity contribution is 5.64. The van der Waals surface area contributed by atoms with Crippen molar-refractivity contribution in [2.24, 2.45) is 11.1 Å². The highest BCUT2D eigenvalue weighted by Gasteiger charge is 2.26. The molecule has 0 aliphatic carbocycles. The summed E-state index contributed by atoms with van der Waals surface area (Å²) < 4.78 is 10.0. The normalized spacial score (nSPS) is 13.0. The summed E-state index contributed by atoms with van der Waals surface area (Å²) in [7, 11) is 0. The summed E-state index contributed by atoms with van der Waals surface area (Å²) in [5.74, 6) is 2.36. The molecule has 0 saturated carbocycles. The van der Waals surface area contributed by atoms with E-state index in [9.17, 15) is 4.79 Å². The van der Waals surface area contributed by atoms with Gasteiger partial charge in [0.2, 0.25) is 0 Å². The van der Waals surface area contributed by atoms with Crippen LogP contribution < -0.4 is 5.73 Å². The first-order chi connectivity index (χ1) is 6.38. The van der Waals surface area contributed by atoms with Crippen LogP contribution in [0.15, 0.2) is 0 Å². The van der Waals surface area contributed by atoms with Crippen molar-refractivity contribution in [1.29, 1.82) is 0 Å². The van der Waals surface area contributed by atoms with Gasteiger partial charge in [-0.3, -0.25) is 0 Å². The van der Waals surface area contributed by atoms with Gasteiger partial charge in [0.15, 0.2) is 0 Å². The number of carbonyl (C=O) groups excluding carboxylic acids is 1. The Morgan fingerprint density at radius 3 is 2.50 bits per heavy atom. The number of ether oxygens (including phenoxy) is 2. The molecule has 0 radical (unpaired) electrons. The lowest BCUT2D eigenvalue weighted by Gasteiger charge is -2.29. The molecule has 1 atom stereocenters. The SMILES string of the molecule is C#CCOC(COC(N)=O)C(C)(C)C. The molecule has 0 aromatic heterocycles. The van der Waals surface area contributed by atoms with Crippen LogP contribution in [0.25, 0.3) is 0 Å². The van der Waals surface area contributed by atoms with Gasteiger partial charge in [0.1, 0.15) is 13.2 Å². The number of nitrogens with two attached hydrogens (primary N) is 1. The fourth-order valence-corrected chi connectivity index (χ4v) is 0.855. The van der Waals surface area contributed by atoms with Crippen LogP contribution in [0.3, 0.4) is 0 Å². The van der Waals surface area contributed by atoms with Crippen molar-refractivity contribution in [2.45, 2.75) is 26.9 Å². The Kier molecular flexibility index (Phi) is 5.03. The van der Waals surface area contributed by atoms with E-state index in [1.54, 1.807) is 0 Å². The molecule has 0 heterocycles. The van der Waals surface area contributed by atoms with E-state index < -0.39 is 6.09 Å². The molecule has 0 aliphatic heterocycles. The molecule has 1 amide bonds. The van der Waals surface area contributed by atoms with Gasteiger partial charge in [-0.1, -0.05) is 26.7 Å². The number of rotatable bonds is 4. The maximum Gasteiger partial charge on any atom is 0.404 e. The van der Waals surface area contributed by atoms with Crippen molar-refractivity contribution in [3.8, 4) is 12.3 Å². The minimum absolute atomic E-state index is 0.126. The third kappa shape index (κ3) is 5.44. The fraction of sp³-hybridized carbons (Fsp3) is 0.700. The van der Waals surface area contributed by atoms with E-state index in [2.05, 4.69) is 10.7 Å². The molecule has 2 N–H and O–H groups in total. The van der Waals surface area contributed by atoms with Crippen LogP contribution >= 0.6 is 0 Å². The van der Waals surface area contributed by atoms with E-state index in [1.165, 1.54) is 0 Å². The van der Waals surface area contributed by atoms with Gasteiger partial charge in [-0.25, -0.2) is 4.79 Å². The highest BCUT2D eigenvalue weighted by Crippen LogP contribution is 2.22. The minimum atomic E-state index is -0.802. The first kappa shape index (κ1) is 12.8. The maximum atomic E-state index is 10.4. The van der Waals surface area contributed by atoms with Crippen LogP contribution in [-0.2, 0) is 9.47 Å². The number of hydrogen-bond acceptors (Lipinski definition) is 3. The van der Waals surface area contributed by atoms with Crippen LogP contribution in [0, 0.1) is 17.8 Å². The van der Waals surface area contributed by atoms with Gasteiger partial charge in [-0.05, 0) is 5.41 Å². The van der Waals surface area contributed by atoms with Crippen molar-refractivity contribution in [3.05, 3.63) is 0 Å². The molecule has 4 nitrogen and oxygen atoms in total. The standard InChI is InChI=1S/C10H17NO3/c1-5-6-13-8(10(2,3)4)7-14-9(11)12/h1,8H,6-7H2,2-4H3,(H2,11,12). The zero-order valence-electron chi connectivity index (χ0n) is 8.87. The lowest BCUT2D eigenvalue weighted by atomic mass is 9.89. The third-order valence-electron chi connectivity index (χ3n) is 1.71. The fourth-order valence-electron chi connectivity index (χ4n) is 0.855. The topological polar surface area (TPSA) is 61.6 Å². The van der Waals surface area contributed by atoms with Crippen LogP contribution in [0.5, 0.6) is 0 Å². The first-order valence-corrected chi connectivity index (χ1v) is 4.35. The Bertz CT molecular complexity index is 225. The second kappa shape index (κ2) is 5.51. The van der Waals surface area contributed by atoms with E-state index in [4.69, 9.17) is 16.9 Å². The summed E-state index contributed by atoms with van der Waals surface area (Å²) >= 11 is 0. The number of hydrogen-bond donors (Lipinski definition) is 1. The van der Waals surface area contributed by atoms with Gasteiger partial charge < -0.3 is 15.2 Å². The smallest absolute Gasteiger partial charge is 0.404 e. The van der Waals surface area contributed by atoms with E-state index >= 15 is 0 Å². The van der Waals surface area contributed by atoms with Gasteiger partial charge >= 0.3 is 6.09 Å². The minimum Gasteiger partial charge on any atom is -0.447 e. The molecule has 0 aromatic carbocycles. The Hall–Kier alpha value is -1.21. The molecule has 0 fully saturated rings. The summed E-state index contributed by atoms with van der Waals surface area (Å²) in [6.45, 7) is 6.24. The Morgan fingerprint density at radius 1 is 1.57 bits per heavy atom. The second-order valence-electron chi connectivity index (χ2n) is 4.00. The number of primary amides is 1. The van der Waals surface area contributed by atoms with Crippen molar-refractivity contribution in [1.82, 2.24) is 0 Å². The zero-order chi connectivity index (χ0) is 11.2. The number of amides is 1. The summed E-state index contributed by atoms with van der Waals surface area (Å²) in [5.41, 5.74) is 4.71. The largest absolute Gasteiger partial charge is 0.447 e. The molecule has 80 valence electrons. The Labute approximate surface area is 84.8 Å². The van der Waals surface area contributed by atoms with E-state index in [1.807, 2.05) is 20.8 Å². The Morgan fingerprint density at radius 2 is 2.14 bits per heavy atom. The second-order valence-corrected chi connectivity index (χ2v) is 4.00. The molecule has 1 unspecified atom stereocenters. The maximum absolute atomic E-state index is 10.4. The average molecular weight is 199 g/mol. The van der Waals surface area contributed by atoms with Gasteiger partial charge in [0.25, 0.3) is 0 Å². The molecule has 0 bridgehead atoms. The number of carbonyl (C=O) groups is 1. The molecule has 4 heteroatoms. The zero-order valence-corrected chi connectivity index (χ0v) is 8.87. The molecular weight excluding hydrogens is 182 g/mol. The summed E-state index contributed by atoms with van der Waals surface area (Å²) in [6, 6.07) is 0. The molecule has 14 heavy (non-hydrogen) atoms. The Balaban J connectivity index is 4.13. The first-order valence-electron chi connectivity index (χ1n) is 4.35. The van der Waals surface area contributed by atoms with Gasteiger partial charge in [-0.2, -0.15) is 0 Å². The van der Waals surface area contributed by atoms with Gasteiger partial charge in [-0.15, -0.1) is 6.42 Å². The number of terminal acetylenes is 1. The van der Waals surface area contributed by atoms with E-state index in [-0.39, 0.29) is 24.7 Å². The van der Waals surface area contributed by atoms with E-state index in [0.717, 1.165) is 0 Å². The molecule has 0 saturated heterocycles. The van der Waals surface area contributed by atoms with Crippen molar-refractivity contribution in [2.75, 3.05) is 13.2 Å². The van der Waals surface area contributed by atoms with Gasteiger partial charge in [0.05, 0.1) is 6.10 Å². The summed E-state index contributed by atoms with van der Waals surface area (Å²) in [5, 5.41) is 0. The quantitative estimate of drug-likeness (QED) is 0.691. The van der Waals surface area contributed by atoms with Crippen molar-refractivity contribution >= 4 is 6.09 Å². The molecular formula is C10H17NO3. The predicted octanol–water partition coefficient (Wildman–Crippen LogP) is 1.15. The highest BCUT2D eigenvalue weighted by atomic mass is 16.6. The third-order valence-corrected chi connectivity index (χ3v) is 1.71. The molecule has 0 aliphatic rings. The summed E-state index contributed by atoms with van der Waals surface area (Å²) in [6.07, 6.45) is 4.02. The molecule has 0 spiro atoms. The lowest BCUT2D eigenvalue weighted by molar-refractivity contribution is -0.0387. The molecule has 0 rings (SSSR count). The van der Waals surface area contributed by atoms with Crippen LogP contribution in [0.1, 0.15) is 20.8 Å². The van der Waals surface area contributed by atoms with Crippen LogP contribution in [0.2, 0.25) is 0 Å². The lowest BCUT2D eigenvalue weighted by Crippen LogP contribution is -2.35. The monoisotopic (exact) mass is 199 g/mol. The van der Waals surface area contributed by atoms with E-state index in [0.29, 0.717) is 0 Å².